The van der Waals surface area contributed by atoms with E-state index in [1.165, 1.54) is 0 Å². The number of aromatic nitrogens is 1. The molecule has 0 aliphatic carbocycles. The van der Waals surface area contributed by atoms with E-state index in [1.807, 2.05) is 13.8 Å². The summed E-state index contributed by atoms with van der Waals surface area (Å²) in [5.41, 5.74) is 14.8. The maximum absolute atomic E-state index is 11.9. The minimum atomic E-state index is -0.267. The normalized spacial score (nSPS) is 15.8. The van der Waals surface area contributed by atoms with Crippen molar-refractivity contribution in [2.45, 2.75) is 39.0 Å². The van der Waals surface area contributed by atoms with Crippen LogP contribution in [0.2, 0.25) is 0 Å². The smallest absolute Gasteiger partial charge is 0.272 e. The second kappa shape index (κ2) is 4.84. The molecule has 0 spiro atoms. The van der Waals surface area contributed by atoms with Crippen molar-refractivity contribution in [2.24, 2.45) is 4.99 Å². The lowest BCUT2D eigenvalue weighted by molar-refractivity contribution is 0.736. The standard InChI is InChI=1S/C13H20N4O/c1-7(2)9-10(14)12(17-13(18)11(9)15)8-5-3-4-6-16-8/h7H,3-6,14-15H2,1-2H3,(H,17,18). The van der Waals surface area contributed by atoms with Gasteiger partial charge in [-0.1, -0.05) is 13.8 Å². The molecule has 1 aromatic heterocycles. The second-order valence-electron chi connectivity index (χ2n) is 5.01. The van der Waals surface area contributed by atoms with E-state index in [4.69, 9.17) is 11.5 Å². The Morgan fingerprint density at radius 1 is 1.22 bits per heavy atom. The topological polar surface area (TPSA) is 97.3 Å². The van der Waals surface area contributed by atoms with Crippen molar-refractivity contribution in [2.75, 3.05) is 18.0 Å². The Bertz CT molecular complexity index is 543. The summed E-state index contributed by atoms with van der Waals surface area (Å²) in [5, 5.41) is 0. The van der Waals surface area contributed by atoms with Crippen LogP contribution in [-0.4, -0.2) is 17.2 Å². The lowest BCUT2D eigenvalue weighted by Crippen LogP contribution is -2.23. The zero-order valence-electron chi connectivity index (χ0n) is 10.9. The molecule has 98 valence electrons. The molecule has 0 atom stereocenters. The summed E-state index contributed by atoms with van der Waals surface area (Å²) in [5.74, 6) is 0.121. The minimum Gasteiger partial charge on any atom is -0.397 e. The molecule has 0 amide bonds. The average Bonchev–Trinajstić information content (AvgIpc) is 2.34. The number of nitrogens with one attached hydrogen (secondary N) is 1. The van der Waals surface area contributed by atoms with E-state index < -0.39 is 0 Å². The number of nitrogen functional groups attached to an aromatic ring is 2. The first kappa shape index (κ1) is 12.7. The number of aliphatic imine (C=N–C) groups is 1. The van der Waals surface area contributed by atoms with Crippen molar-refractivity contribution >= 4 is 17.1 Å². The SMILES string of the molecule is CC(C)c1c(N)c(C2=NCCCC2)[nH]c(=O)c1N. The van der Waals surface area contributed by atoms with Crippen LogP contribution in [0.25, 0.3) is 0 Å². The average molecular weight is 248 g/mol. The van der Waals surface area contributed by atoms with Crippen LogP contribution < -0.4 is 17.0 Å². The van der Waals surface area contributed by atoms with Gasteiger partial charge in [0, 0.05) is 12.1 Å². The number of aromatic amines is 1. The summed E-state index contributed by atoms with van der Waals surface area (Å²) < 4.78 is 0. The first-order valence-corrected chi connectivity index (χ1v) is 6.37. The lowest BCUT2D eigenvalue weighted by atomic mass is 9.96. The van der Waals surface area contributed by atoms with Gasteiger partial charge in [0.25, 0.3) is 5.56 Å². The van der Waals surface area contributed by atoms with Crippen molar-refractivity contribution < 1.29 is 0 Å². The number of nitrogens with two attached hydrogens (primary N) is 2. The van der Waals surface area contributed by atoms with Gasteiger partial charge < -0.3 is 16.5 Å². The molecular formula is C13H20N4O. The van der Waals surface area contributed by atoms with Crippen molar-refractivity contribution in [3.63, 3.8) is 0 Å². The third-order valence-corrected chi connectivity index (χ3v) is 3.32. The summed E-state index contributed by atoms with van der Waals surface area (Å²) >= 11 is 0. The Morgan fingerprint density at radius 2 is 1.94 bits per heavy atom. The molecule has 0 fully saturated rings. The zero-order chi connectivity index (χ0) is 13.3. The summed E-state index contributed by atoms with van der Waals surface area (Å²) in [6, 6.07) is 0. The predicted molar refractivity (Wildman–Crippen MR) is 75.2 cm³/mol. The van der Waals surface area contributed by atoms with Gasteiger partial charge in [0.2, 0.25) is 0 Å². The molecule has 5 heteroatoms. The summed E-state index contributed by atoms with van der Waals surface area (Å²) in [6.45, 7) is 4.76. The quantitative estimate of drug-likeness (QED) is 0.742. The third kappa shape index (κ3) is 2.12. The Balaban J connectivity index is 2.62. The molecule has 5 N–H and O–H groups in total. The van der Waals surface area contributed by atoms with Crippen LogP contribution >= 0.6 is 0 Å². The second-order valence-corrected chi connectivity index (χ2v) is 5.01. The van der Waals surface area contributed by atoms with Crippen LogP contribution in [0.3, 0.4) is 0 Å². The number of rotatable bonds is 2. The van der Waals surface area contributed by atoms with Gasteiger partial charge in [0.15, 0.2) is 0 Å². The van der Waals surface area contributed by atoms with Crippen molar-refractivity contribution in [3.05, 3.63) is 21.6 Å². The maximum Gasteiger partial charge on any atom is 0.272 e. The summed E-state index contributed by atoms with van der Waals surface area (Å²) in [4.78, 5) is 19.1. The molecule has 2 rings (SSSR count). The van der Waals surface area contributed by atoms with Crippen LogP contribution in [0.5, 0.6) is 0 Å². The van der Waals surface area contributed by atoms with Gasteiger partial charge in [-0.15, -0.1) is 0 Å². The predicted octanol–water partition coefficient (Wildman–Crippen LogP) is 1.64. The first-order chi connectivity index (χ1) is 8.52. The molecule has 5 nitrogen and oxygen atoms in total. The fourth-order valence-corrected chi connectivity index (χ4v) is 2.40. The van der Waals surface area contributed by atoms with Crippen LogP contribution in [0.4, 0.5) is 11.4 Å². The first-order valence-electron chi connectivity index (χ1n) is 6.37. The number of H-pyrrole nitrogens is 1. The highest BCUT2D eigenvalue weighted by Gasteiger charge is 2.19. The van der Waals surface area contributed by atoms with E-state index in [0.717, 1.165) is 37.1 Å². The monoisotopic (exact) mass is 248 g/mol. The summed E-state index contributed by atoms with van der Waals surface area (Å²) in [7, 11) is 0. The summed E-state index contributed by atoms with van der Waals surface area (Å²) in [6.07, 6.45) is 3.04. The zero-order valence-corrected chi connectivity index (χ0v) is 10.9. The van der Waals surface area contributed by atoms with Crippen LogP contribution in [0.1, 0.15) is 50.3 Å². The van der Waals surface area contributed by atoms with Gasteiger partial charge in [-0.3, -0.25) is 9.79 Å². The van der Waals surface area contributed by atoms with E-state index in [-0.39, 0.29) is 17.2 Å². The number of hydrogen-bond donors (Lipinski definition) is 3. The van der Waals surface area contributed by atoms with E-state index in [9.17, 15) is 4.79 Å². The highest BCUT2D eigenvalue weighted by molar-refractivity contribution is 6.04. The maximum atomic E-state index is 11.9. The Kier molecular flexibility index (Phi) is 3.41. The number of pyridine rings is 1. The van der Waals surface area contributed by atoms with E-state index in [2.05, 4.69) is 9.98 Å². The molecule has 0 saturated heterocycles. The number of hydrogen-bond acceptors (Lipinski definition) is 4. The molecule has 0 aromatic carbocycles. The molecule has 2 heterocycles. The molecule has 18 heavy (non-hydrogen) atoms. The van der Waals surface area contributed by atoms with Crippen LogP contribution in [0, 0.1) is 0 Å². The minimum absolute atomic E-state index is 0.121. The molecule has 0 unspecified atom stereocenters. The van der Waals surface area contributed by atoms with Gasteiger partial charge >= 0.3 is 0 Å². The van der Waals surface area contributed by atoms with Gasteiger partial charge in [0.05, 0.1) is 17.1 Å². The third-order valence-electron chi connectivity index (χ3n) is 3.32. The van der Waals surface area contributed by atoms with Gasteiger partial charge in [0.1, 0.15) is 5.69 Å². The number of nitrogens with zero attached hydrogens (tertiary/aromatic N) is 1. The van der Waals surface area contributed by atoms with Crippen LogP contribution in [0.15, 0.2) is 9.79 Å². The van der Waals surface area contributed by atoms with Crippen molar-refractivity contribution in [1.82, 2.24) is 4.98 Å². The largest absolute Gasteiger partial charge is 0.397 e. The van der Waals surface area contributed by atoms with E-state index in [0.29, 0.717) is 11.4 Å². The molecule has 1 aliphatic rings. The fourth-order valence-electron chi connectivity index (χ4n) is 2.40. The van der Waals surface area contributed by atoms with E-state index in [1.54, 1.807) is 0 Å². The Hall–Kier alpha value is -1.78. The molecule has 1 aliphatic heterocycles. The van der Waals surface area contributed by atoms with Crippen LogP contribution in [-0.2, 0) is 0 Å². The van der Waals surface area contributed by atoms with Gasteiger partial charge in [-0.05, 0) is 25.2 Å². The molecular weight excluding hydrogens is 228 g/mol. The highest BCUT2D eigenvalue weighted by atomic mass is 16.1. The fraction of sp³-hybridized carbons (Fsp3) is 0.538. The van der Waals surface area contributed by atoms with E-state index >= 15 is 0 Å². The highest BCUT2D eigenvalue weighted by Crippen LogP contribution is 2.28. The number of anilines is 2. The van der Waals surface area contributed by atoms with Gasteiger partial charge in [-0.2, -0.15) is 0 Å². The van der Waals surface area contributed by atoms with Crippen molar-refractivity contribution in [1.29, 1.82) is 0 Å². The Labute approximate surface area is 106 Å². The molecule has 0 radical (unpaired) electrons. The molecule has 1 aromatic rings. The molecule has 0 bridgehead atoms. The van der Waals surface area contributed by atoms with Gasteiger partial charge in [-0.25, -0.2) is 0 Å². The van der Waals surface area contributed by atoms with Crippen molar-refractivity contribution in [3.8, 4) is 0 Å². The molecule has 0 saturated carbocycles. The Morgan fingerprint density at radius 3 is 2.50 bits per heavy atom. The lowest BCUT2D eigenvalue weighted by Gasteiger charge is -2.18.